The fourth-order valence-corrected chi connectivity index (χ4v) is 2.31. The second-order valence-corrected chi connectivity index (χ2v) is 4.55. The van der Waals surface area contributed by atoms with E-state index in [9.17, 15) is 0 Å². The molecule has 1 aromatic rings. The number of rotatable bonds is 6. The van der Waals surface area contributed by atoms with Crippen LogP contribution in [0.2, 0.25) is 0 Å². The van der Waals surface area contributed by atoms with Gasteiger partial charge in [0, 0.05) is 31.9 Å². The molecule has 1 aromatic carbocycles. The summed E-state index contributed by atoms with van der Waals surface area (Å²) in [6.45, 7) is 3.96. The Balaban J connectivity index is 1.89. The summed E-state index contributed by atoms with van der Waals surface area (Å²) >= 11 is 0. The summed E-state index contributed by atoms with van der Waals surface area (Å²) in [6.07, 6.45) is 1.01. The number of hydrogen-bond acceptors (Lipinski definition) is 4. The van der Waals surface area contributed by atoms with E-state index in [4.69, 9.17) is 15.2 Å². The largest absolute Gasteiger partial charge is 0.382 e. The summed E-state index contributed by atoms with van der Waals surface area (Å²) < 4.78 is 10.5. The van der Waals surface area contributed by atoms with Gasteiger partial charge >= 0.3 is 0 Å². The summed E-state index contributed by atoms with van der Waals surface area (Å²) in [5, 5.41) is 0. The van der Waals surface area contributed by atoms with Gasteiger partial charge in [-0.2, -0.15) is 0 Å². The Hall–Kier alpha value is -1.10. The molecule has 0 aromatic heterocycles. The van der Waals surface area contributed by atoms with Gasteiger partial charge in [0.1, 0.15) is 0 Å². The fraction of sp³-hybridized carbons (Fsp3) is 0.571. The van der Waals surface area contributed by atoms with Crippen molar-refractivity contribution in [3.63, 3.8) is 0 Å². The van der Waals surface area contributed by atoms with Crippen molar-refractivity contribution < 1.29 is 9.47 Å². The minimum Gasteiger partial charge on any atom is -0.382 e. The van der Waals surface area contributed by atoms with Gasteiger partial charge in [-0.25, -0.2) is 0 Å². The van der Waals surface area contributed by atoms with Crippen LogP contribution in [-0.2, 0) is 9.47 Å². The lowest BCUT2D eigenvalue weighted by molar-refractivity contribution is 0.0739. The van der Waals surface area contributed by atoms with Crippen LogP contribution in [0.3, 0.4) is 0 Å². The molecule has 4 heteroatoms. The van der Waals surface area contributed by atoms with E-state index in [0.717, 1.165) is 26.1 Å². The Morgan fingerprint density at radius 1 is 1.28 bits per heavy atom. The minimum atomic E-state index is 0.173. The number of benzene rings is 1. The van der Waals surface area contributed by atoms with E-state index in [0.29, 0.717) is 13.2 Å². The van der Waals surface area contributed by atoms with Gasteiger partial charge in [0.2, 0.25) is 0 Å². The Bertz CT molecular complexity index is 371. The van der Waals surface area contributed by atoms with Crippen LogP contribution < -0.4 is 10.6 Å². The third-order valence-corrected chi connectivity index (χ3v) is 3.32. The Kier molecular flexibility index (Phi) is 4.99. The van der Waals surface area contributed by atoms with E-state index in [2.05, 4.69) is 29.2 Å². The van der Waals surface area contributed by atoms with Crippen LogP contribution in [0.4, 0.5) is 5.69 Å². The summed E-state index contributed by atoms with van der Waals surface area (Å²) in [6, 6.07) is 8.56. The summed E-state index contributed by atoms with van der Waals surface area (Å²) in [5.74, 6) is 0. The molecule has 0 fully saturated rings. The van der Waals surface area contributed by atoms with Crippen LogP contribution >= 0.6 is 0 Å². The monoisotopic (exact) mass is 250 g/mol. The maximum atomic E-state index is 6.13. The van der Waals surface area contributed by atoms with Crippen LogP contribution in [0.1, 0.15) is 18.0 Å². The lowest BCUT2D eigenvalue weighted by Crippen LogP contribution is -2.36. The van der Waals surface area contributed by atoms with Gasteiger partial charge in [-0.15, -0.1) is 0 Å². The highest BCUT2D eigenvalue weighted by molar-refractivity contribution is 5.56. The number of ether oxygens (including phenoxy) is 2. The molecule has 0 spiro atoms. The molecule has 0 amide bonds. The molecule has 1 heterocycles. The zero-order chi connectivity index (χ0) is 12.8. The van der Waals surface area contributed by atoms with E-state index < -0.39 is 0 Å². The minimum absolute atomic E-state index is 0.173. The molecule has 1 aliphatic rings. The highest BCUT2D eigenvalue weighted by atomic mass is 16.5. The number of hydrogen-bond donors (Lipinski definition) is 1. The van der Waals surface area contributed by atoms with E-state index >= 15 is 0 Å². The standard InChI is InChI=1S/C14H22N2O2/c1-17-10-11-18-9-8-16-7-6-13(15)12-4-2-3-5-14(12)16/h2-5,13H,6-11,15H2,1H3. The maximum absolute atomic E-state index is 6.13. The molecule has 2 N–H and O–H groups in total. The van der Waals surface area contributed by atoms with Crippen molar-refractivity contribution in [2.75, 3.05) is 44.9 Å². The van der Waals surface area contributed by atoms with Crippen molar-refractivity contribution in [2.45, 2.75) is 12.5 Å². The molecule has 0 saturated carbocycles. The van der Waals surface area contributed by atoms with E-state index in [-0.39, 0.29) is 6.04 Å². The van der Waals surface area contributed by atoms with Crippen LogP contribution in [-0.4, -0.2) is 40.0 Å². The molecular formula is C14H22N2O2. The first-order valence-electron chi connectivity index (χ1n) is 6.49. The molecule has 1 aliphatic heterocycles. The van der Waals surface area contributed by atoms with Gasteiger partial charge < -0.3 is 20.1 Å². The van der Waals surface area contributed by atoms with Crippen LogP contribution in [0.15, 0.2) is 24.3 Å². The van der Waals surface area contributed by atoms with Crippen LogP contribution in [0.25, 0.3) is 0 Å². The van der Waals surface area contributed by atoms with Gasteiger partial charge in [-0.3, -0.25) is 0 Å². The molecule has 100 valence electrons. The number of fused-ring (bicyclic) bond motifs is 1. The molecule has 1 unspecified atom stereocenters. The zero-order valence-corrected chi connectivity index (χ0v) is 11.0. The first-order chi connectivity index (χ1) is 8.83. The van der Waals surface area contributed by atoms with Gasteiger partial charge in [0.05, 0.1) is 19.8 Å². The van der Waals surface area contributed by atoms with Crippen molar-refractivity contribution in [2.24, 2.45) is 5.73 Å². The van der Waals surface area contributed by atoms with E-state index in [1.807, 2.05) is 0 Å². The highest BCUT2D eigenvalue weighted by Gasteiger charge is 2.21. The number of methoxy groups -OCH3 is 1. The van der Waals surface area contributed by atoms with Gasteiger partial charge in [0.15, 0.2) is 0 Å². The van der Waals surface area contributed by atoms with Crippen molar-refractivity contribution in [1.82, 2.24) is 0 Å². The molecule has 0 aliphatic carbocycles. The first-order valence-corrected chi connectivity index (χ1v) is 6.49. The molecule has 18 heavy (non-hydrogen) atoms. The maximum Gasteiger partial charge on any atom is 0.0701 e. The normalized spacial score (nSPS) is 18.8. The number of anilines is 1. The van der Waals surface area contributed by atoms with Gasteiger partial charge in [0.25, 0.3) is 0 Å². The molecule has 0 bridgehead atoms. The summed E-state index contributed by atoms with van der Waals surface area (Å²) in [4.78, 5) is 2.35. The van der Waals surface area contributed by atoms with Crippen molar-refractivity contribution in [3.8, 4) is 0 Å². The molecule has 0 radical (unpaired) electrons. The van der Waals surface area contributed by atoms with Crippen LogP contribution in [0, 0.1) is 0 Å². The molecule has 2 rings (SSSR count). The fourth-order valence-electron chi connectivity index (χ4n) is 2.31. The second kappa shape index (κ2) is 6.73. The average molecular weight is 250 g/mol. The number of para-hydroxylation sites is 1. The predicted octanol–water partition coefficient (Wildman–Crippen LogP) is 1.56. The highest BCUT2D eigenvalue weighted by Crippen LogP contribution is 2.31. The second-order valence-electron chi connectivity index (χ2n) is 4.55. The topological polar surface area (TPSA) is 47.7 Å². The third-order valence-electron chi connectivity index (χ3n) is 3.32. The molecule has 4 nitrogen and oxygen atoms in total. The first kappa shape index (κ1) is 13.3. The predicted molar refractivity (Wildman–Crippen MR) is 72.9 cm³/mol. The van der Waals surface area contributed by atoms with Gasteiger partial charge in [-0.05, 0) is 18.1 Å². The van der Waals surface area contributed by atoms with E-state index in [1.54, 1.807) is 7.11 Å². The van der Waals surface area contributed by atoms with Crippen molar-refractivity contribution >= 4 is 5.69 Å². The quantitative estimate of drug-likeness (QED) is 0.778. The zero-order valence-electron chi connectivity index (χ0n) is 11.0. The SMILES string of the molecule is COCCOCCN1CCC(N)c2ccccc21. The lowest BCUT2D eigenvalue weighted by Gasteiger charge is -2.34. The number of nitrogens with zero attached hydrogens (tertiary/aromatic N) is 1. The molecule has 1 atom stereocenters. The molecule has 0 saturated heterocycles. The van der Waals surface area contributed by atoms with Gasteiger partial charge in [-0.1, -0.05) is 18.2 Å². The van der Waals surface area contributed by atoms with Crippen LogP contribution in [0.5, 0.6) is 0 Å². The Morgan fingerprint density at radius 2 is 2.11 bits per heavy atom. The third kappa shape index (κ3) is 3.22. The smallest absolute Gasteiger partial charge is 0.0701 e. The van der Waals surface area contributed by atoms with Crippen molar-refractivity contribution in [3.05, 3.63) is 29.8 Å². The summed E-state index contributed by atoms with van der Waals surface area (Å²) in [7, 11) is 1.69. The number of nitrogens with two attached hydrogens (primary N) is 1. The Morgan fingerprint density at radius 3 is 2.94 bits per heavy atom. The average Bonchev–Trinajstić information content (AvgIpc) is 2.41. The molecular weight excluding hydrogens is 228 g/mol. The van der Waals surface area contributed by atoms with Crippen molar-refractivity contribution in [1.29, 1.82) is 0 Å². The summed E-state index contributed by atoms with van der Waals surface area (Å²) in [5.41, 5.74) is 8.64. The Labute approximate surface area is 109 Å². The van der Waals surface area contributed by atoms with E-state index in [1.165, 1.54) is 11.3 Å². The lowest BCUT2D eigenvalue weighted by atomic mass is 9.97.